The maximum Gasteiger partial charge on any atom is 0.194 e. The molecule has 0 bridgehead atoms. The average Bonchev–Trinajstić information content (AvgIpc) is 3.31. The van der Waals surface area contributed by atoms with Crippen LogP contribution in [0.4, 0.5) is 0 Å². The molecule has 6 nitrogen and oxygen atoms in total. The monoisotopic (exact) mass is 528 g/mol. The summed E-state index contributed by atoms with van der Waals surface area (Å²) in [7, 11) is 0. The number of hydrogen-bond donors (Lipinski definition) is 1. The fraction of sp³-hybridized carbons (Fsp3) is 0.292. The molecule has 2 aromatic carbocycles. The lowest BCUT2D eigenvalue weighted by Gasteiger charge is -2.30. The van der Waals surface area contributed by atoms with Gasteiger partial charge in [-0.3, -0.25) is 0 Å². The molecule has 0 amide bonds. The van der Waals surface area contributed by atoms with Crippen molar-refractivity contribution >= 4 is 35.5 Å². The highest BCUT2D eigenvalue weighted by molar-refractivity contribution is 14.0. The van der Waals surface area contributed by atoms with E-state index in [4.69, 9.17) is 4.99 Å². The predicted molar refractivity (Wildman–Crippen MR) is 136 cm³/mol. The maximum absolute atomic E-state index is 4.91. The van der Waals surface area contributed by atoms with Gasteiger partial charge in [-0.25, -0.2) is 14.7 Å². The Morgan fingerprint density at radius 2 is 1.94 bits per heavy atom. The molecule has 0 spiro atoms. The largest absolute Gasteiger partial charge is 0.356 e. The Labute approximate surface area is 201 Å². The Morgan fingerprint density at radius 3 is 2.65 bits per heavy atom. The summed E-state index contributed by atoms with van der Waals surface area (Å²) < 4.78 is 1.83. The third-order valence-corrected chi connectivity index (χ3v) is 5.20. The topological polar surface area (TPSA) is 58.3 Å². The molecule has 1 aliphatic rings. The molecule has 0 saturated carbocycles. The Bertz CT molecular complexity index is 998. The Morgan fingerprint density at radius 1 is 1.10 bits per heavy atom. The summed E-state index contributed by atoms with van der Waals surface area (Å²) in [5, 5.41) is 7.64. The van der Waals surface area contributed by atoms with Crippen LogP contribution in [0.3, 0.4) is 0 Å². The average molecular weight is 528 g/mol. The molecule has 0 atom stereocenters. The van der Waals surface area contributed by atoms with Crippen molar-refractivity contribution in [3.05, 3.63) is 90.0 Å². The van der Waals surface area contributed by atoms with E-state index in [2.05, 4.69) is 87.9 Å². The molecule has 2 heterocycles. The molecule has 0 unspecified atom stereocenters. The number of aromatic nitrogens is 3. The van der Waals surface area contributed by atoms with Crippen LogP contribution in [-0.2, 0) is 13.1 Å². The predicted octanol–water partition coefficient (Wildman–Crippen LogP) is 4.20. The first-order chi connectivity index (χ1) is 14.8. The van der Waals surface area contributed by atoms with E-state index in [1.54, 1.807) is 12.7 Å². The van der Waals surface area contributed by atoms with Crippen molar-refractivity contribution in [2.75, 3.05) is 19.6 Å². The lowest BCUT2D eigenvalue weighted by molar-refractivity contribution is 0.440. The molecule has 7 heteroatoms. The minimum Gasteiger partial charge on any atom is -0.356 e. The summed E-state index contributed by atoms with van der Waals surface area (Å²) in [5.74, 6) is 0.975. The van der Waals surface area contributed by atoms with E-state index in [9.17, 15) is 0 Å². The zero-order valence-electron chi connectivity index (χ0n) is 17.8. The summed E-state index contributed by atoms with van der Waals surface area (Å²) in [4.78, 5) is 11.2. The summed E-state index contributed by atoms with van der Waals surface area (Å²) in [6, 6.07) is 19.2. The standard InChI is InChI=1S/C24H28N6.HI/c1-2-26-24(29-13-11-23(12-14-29)22-9-4-3-5-10-22)27-16-20-7-6-8-21(15-20)17-30-19-25-18-28-30;/h3-11,15,18-19H,2,12-14,16-17H2,1H3,(H,26,27);1H. The second kappa shape index (κ2) is 11.6. The molecule has 31 heavy (non-hydrogen) atoms. The van der Waals surface area contributed by atoms with Gasteiger partial charge in [0.15, 0.2) is 5.96 Å². The molecule has 1 N–H and O–H groups in total. The second-order valence-electron chi connectivity index (χ2n) is 7.37. The van der Waals surface area contributed by atoms with Gasteiger partial charge in [0.2, 0.25) is 0 Å². The van der Waals surface area contributed by atoms with E-state index < -0.39 is 0 Å². The molecular formula is C24H29IN6. The number of benzene rings is 2. The van der Waals surface area contributed by atoms with Crippen LogP contribution >= 0.6 is 24.0 Å². The molecule has 0 saturated heterocycles. The maximum atomic E-state index is 4.91. The quantitative estimate of drug-likeness (QED) is 0.296. The third kappa shape index (κ3) is 6.40. The number of hydrogen-bond acceptors (Lipinski definition) is 3. The van der Waals surface area contributed by atoms with Crippen molar-refractivity contribution in [2.45, 2.75) is 26.4 Å². The van der Waals surface area contributed by atoms with Gasteiger partial charge in [0.05, 0.1) is 13.1 Å². The number of nitrogens with one attached hydrogen (secondary N) is 1. The Balaban J connectivity index is 0.00000272. The first-order valence-corrected chi connectivity index (χ1v) is 10.5. The van der Waals surface area contributed by atoms with Gasteiger partial charge in [0.25, 0.3) is 0 Å². The SMILES string of the molecule is CCNC(=NCc1cccc(Cn2cncn2)c1)N1CC=C(c2ccccc2)CC1.I. The van der Waals surface area contributed by atoms with Gasteiger partial charge in [-0.2, -0.15) is 5.10 Å². The van der Waals surface area contributed by atoms with Crippen LogP contribution in [-0.4, -0.2) is 45.3 Å². The molecule has 4 rings (SSSR count). The van der Waals surface area contributed by atoms with Crippen LogP contribution < -0.4 is 5.32 Å². The number of guanidine groups is 1. The molecule has 3 aromatic rings. The summed E-state index contributed by atoms with van der Waals surface area (Å²) in [6.07, 6.45) is 6.65. The van der Waals surface area contributed by atoms with E-state index in [-0.39, 0.29) is 24.0 Å². The highest BCUT2D eigenvalue weighted by Gasteiger charge is 2.16. The van der Waals surface area contributed by atoms with E-state index in [0.717, 1.165) is 38.6 Å². The van der Waals surface area contributed by atoms with Crippen LogP contribution in [0.15, 0.2) is 78.3 Å². The van der Waals surface area contributed by atoms with Crippen molar-refractivity contribution in [1.29, 1.82) is 0 Å². The molecule has 0 radical (unpaired) electrons. The highest BCUT2D eigenvalue weighted by Crippen LogP contribution is 2.22. The first kappa shape index (κ1) is 23.0. The van der Waals surface area contributed by atoms with Crippen LogP contribution in [0, 0.1) is 0 Å². The molecule has 0 fully saturated rings. The van der Waals surface area contributed by atoms with Gasteiger partial charge in [-0.1, -0.05) is 60.7 Å². The fourth-order valence-electron chi connectivity index (χ4n) is 3.70. The number of nitrogens with zero attached hydrogens (tertiary/aromatic N) is 5. The van der Waals surface area contributed by atoms with Gasteiger partial charge in [-0.05, 0) is 35.6 Å². The number of halogens is 1. The van der Waals surface area contributed by atoms with Crippen molar-refractivity contribution in [1.82, 2.24) is 25.0 Å². The lowest BCUT2D eigenvalue weighted by atomic mass is 10.00. The number of aliphatic imine (C=N–C) groups is 1. The molecule has 162 valence electrons. The first-order valence-electron chi connectivity index (χ1n) is 10.5. The van der Waals surface area contributed by atoms with Crippen molar-refractivity contribution in [3.63, 3.8) is 0 Å². The van der Waals surface area contributed by atoms with E-state index >= 15 is 0 Å². The Hall–Kier alpha value is -2.68. The van der Waals surface area contributed by atoms with Gasteiger partial charge >= 0.3 is 0 Å². The lowest BCUT2D eigenvalue weighted by Crippen LogP contribution is -2.43. The summed E-state index contributed by atoms with van der Waals surface area (Å²) in [5.41, 5.74) is 5.14. The molecular weight excluding hydrogens is 499 g/mol. The zero-order chi connectivity index (χ0) is 20.6. The van der Waals surface area contributed by atoms with Crippen molar-refractivity contribution in [3.8, 4) is 0 Å². The Kier molecular flexibility index (Phi) is 8.63. The van der Waals surface area contributed by atoms with Gasteiger partial charge < -0.3 is 10.2 Å². The van der Waals surface area contributed by atoms with Gasteiger partial charge in [0.1, 0.15) is 12.7 Å². The minimum atomic E-state index is 0. The van der Waals surface area contributed by atoms with Gasteiger partial charge in [0, 0.05) is 19.6 Å². The van der Waals surface area contributed by atoms with Crippen molar-refractivity contribution in [2.24, 2.45) is 4.99 Å². The van der Waals surface area contributed by atoms with Crippen molar-refractivity contribution < 1.29 is 0 Å². The van der Waals surface area contributed by atoms with E-state index in [0.29, 0.717) is 6.54 Å². The molecule has 1 aliphatic heterocycles. The van der Waals surface area contributed by atoms with Crippen LogP contribution in [0.25, 0.3) is 5.57 Å². The van der Waals surface area contributed by atoms with E-state index in [1.165, 1.54) is 22.3 Å². The van der Waals surface area contributed by atoms with Crippen LogP contribution in [0.1, 0.15) is 30.0 Å². The van der Waals surface area contributed by atoms with E-state index in [1.807, 2.05) is 4.68 Å². The second-order valence-corrected chi connectivity index (χ2v) is 7.37. The molecule has 1 aromatic heterocycles. The number of rotatable bonds is 6. The highest BCUT2D eigenvalue weighted by atomic mass is 127. The summed E-state index contributed by atoms with van der Waals surface area (Å²) in [6.45, 7) is 6.19. The van der Waals surface area contributed by atoms with Crippen LogP contribution in [0.2, 0.25) is 0 Å². The van der Waals surface area contributed by atoms with Gasteiger partial charge in [-0.15, -0.1) is 24.0 Å². The fourth-order valence-corrected chi connectivity index (χ4v) is 3.70. The van der Waals surface area contributed by atoms with Crippen LogP contribution in [0.5, 0.6) is 0 Å². The zero-order valence-corrected chi connectivity index (χ0v) is 20.1. The third-order valence-electron chi connectivity index (χ3n) is 5.20. The summed E-state index contributed by atoms with van der Waals surface area (Å²) >= 11 is 0. The molecule has 0 aliphatic carbocycles. The minimum absolute atomic E-state index is 0. The smallest absolute Gasteiger partial charge is 0.194 e. The normalized spacial score (nSPS) is 14.0.